The molecule has 7 rings (SSSR count). The normalized spacial score (nSPS) is 11.0. The molecule has 7 aromatic carbocycles. The standard InChI is InChI=1S/C48H33NO2/c50-49(51)46-37-38(33-35-47(40-19-7-1-8-20-40,41-21-9-2-10-22-41)42-23-11-3-12-24-42)31-32-39(46)34-36-48(43-25-13-4-14-26-43,44-27-15-5-16-28-44)45-29-17-6-18-30-45/h1-32,37H. The molecule has 0 radical (unpaired) electrons. The Bertz CT molecular complexity index is 2180. The van der Waals surface area contributed by atoms with Gasteiger partial charge in [-0.3, -0.25) is 10.1 Å². The van der Waals surface area contributed by atoms with E-state index in [2.05, 4.69) is 96.5 Å². The molecule has 0 aliphatic heterocycles. The van der Waals surface area contributed by atoms with Gasteiger partial charge in [0.2, 0.25) is 0 Å². The van der Waals surface area contributed by atoms with Crippen LogP contribution in [0.25, 0.3) is 0 Å². The van der Waals surface area contributed by atoms with E-state index in [4.69, 9.17) is 0 Å². The molecule has 51 heavy (non-hydrogen) atoms. The fraction of sp³-hybridized carbons (Fsp3) is 0.0417. The molecular formula is C48H33NO2. The summed E-state index contributed by atoms with van der Waals surface area (Å²) in [7, 11) is 0. The summed E-state index contributed by atoms with van der Waals surface area (Å²) < 4.78 is 0. The Morgan fingerprint density at radius 3 is 0.980 bits per heavy atom. The van der Waals surface area contributed by atoms with E-state index in [0.29, 0.717) is 11.1 Å². The first-order valence-corrected chi connectivity index (χ1v) is 16.8. The number of rotatable bonds is 7. The summed E-state index contributed by atoms with van der Waals surface area (Å²) in [5, 5.41) is 12.7. The molecular weight excluding hydrogens is 623 g/mol. The van der Waals surface area contributed by atoms with Crippen molar-refractivity contribution in [2.45, 2.75) is 10.8 Å². The van der Waals surface area contributed by atoms with Crippen molar-refractivity contribution < 1.29 is 4.92 Å². The molecule has 0 saturated heterocycles. The van der Waals surface area contributed by atoms with E-state index in [-0.39, 0.29) is 10.6 Å². The number of hydrogen-bond acceptors (Lipinski definition) is 2. The van der Waals surface area contributed by atoms with Gasteiger partial charge in [0.25, 0.3) is 5.69 Å². The van der Waals surface area contributed by atoms with Gasteiger partial charge in [0.1, 0.15) is 16.4 Å². The molecule has 0 bridgehead atoms. The SMILES string of the molecule is O=[N+]([O-])c1cc(C#CC(c2ccccc2)(c2ccccc2)c2ccccc2)ccc1C#CC(c1ccccc1)(c1ccccc1)c1ccccc1. The Morgan fingerprint density at radius 1 is 0.392 bits per heavy atom. The topological polar surface area (TPSA) is 43.1 Å². The van der Waals surface area contributed by atoms with Gasteiger partial charge in [-0.1, -0.05) is 206 Å². The quantitative estimate of drug-likeness (QED) is 0.0742. The maximum Gasteiger partial charge on any atom is 0.286 e. The van der Waals surface area contributed by atoms with Crippen LogP contribution in [-0.2, 0) is 10.8 Å². The summed E-state index contributed by atoms with van der Waals surface area (Å²) in [4.78, 5) is 12.3. The Morgan fingerprint density at radius 2 is 0.686 bits per heavy atom. The number of nitro groups is 1. The highest BCUT2D eigenvalue weighted by molar-refractivity contribution is 5.64. The summed E-state index contributed by atoms with van der Waals surface area (Å²) in [6.07, 6.45) is 0. The lowest BCUT2D eigenvalue weighted by atomic mass is 9.70. The van der Waals surface area contributed by atoms with Gasteiger partial charge in [0, 0.05) is 11.6 Å². The minimum absolute atomic E-state index is 0.0953. The van der Waals surface area contributed by atoms with Crippen LogP contribution in [0.4, 0.5) is 5.69 Å². The molecule has 0 saturated carbocycles. The first-order chi connectivity index (χ1) is 25.1. The highest BCUT2D eigenvalue weighted by Crippen LogP contribution is 2.40. The van der Waals surface area contributed by atoms with Gasteiger partial charge in [-0.2, -0.15) is 0 Å². The van der Waals surface area contributed by atoms with Crippen molar-refractivity contribution in [2.75, 3.05) is 0 Å². The fourth-order valence-electron chi connectivity index (χ4n) is 6.76. The van der Waals surface area contributed by atoms with Crippen molar-refractivity contribution in [1.82, 2.24) is 0 Å². The van der Waals surface area contributed by atoms with Crippen molar-refractivity contribution in [1.29, 1.82) is 0 Å². The van der Waals surface area contributed by atoms with Gasteiger partial charge in [-0.05, 0) is 45.5 Å². The third-order valence-electron chi connectivity index (χ3n) is 9.21. The second-order valence-corrected chi connectivity index (χ2v) is 12.2. The van der Waals surface area contributed by atoms with E-state index < -0.39 is 10.8 Å². The van der Waals surface area contributed by atoms with E-state index in [1.54, 1.807) is 6.07 Å². The molecule has 0 aromatic heterocycles. The van der Waals surface area contributed by atoms with Crippen molar-refractivity contribution in [3.8, 4) is 23.7 Å². The maximum atomic E-state index is 12.7. The highest BCUT2D eigenvalue weighted by Gasteiger charge is 2.36. The van der Waals surface area contributed by atoms with Crippen LogP contribution in [0.1, 0.15) is 44.5 Å². The Labute approximate surface area is 299 Å². The van der Waals surface area contributed by atoms with E-state index in [0.717, 1.165) is 33.4 Å². The predicted octanol–water partition coefficient (Wildman–Crippen LogP) is 10.4. The van der Waals surface area contributed by atoms with Crippen molar-refractivity contribution in [2.24, 2.45) is 0 Å². The van der Waals surface area contributed by atoms with Crippen LogP contribution >= 0.6 is 0 Å². The molecule has 0 heterocycles. The van der Waals surface area contributed by atoms with Crippen molar-refractivity contribution in [3.05, 3.63) is 255 Å². The van der Waals surface area contributed by atoms with Crippen LogP contribution in [0.2, 0.25) is 0 Å². The van der Waals surface area contributed by atoms with E-state index in [1.807, 2.05) is 115 Å². The summed E-state index contributed by atoms with van der Waals surface area (Å²) in [5.41, 5.74) is 4.98. The summed E-state index contributed by atoms with van der Waals surface area (Å²) in [5.74, 6) is 13.8. The van der Waals surface area contributed by atoms with E-state index >= 15 is 0 Å². The fourth-order valence-corrected chi connectivity index (χ4v) is 6.76. The monoisotopic (exact) mass is 655 g/mol. The molecule has 0 fully saturated rings. The molecule has 3 heteroatoms. The van der Waals surface area contributed by atoms with Gasteiger partial charge >= 0.3 is 0 Å². The molecule has 0 aliphatic rings. The number of hydrogen-bond donors (Lipinski definition) is 0. The van der Waals surface area contributed by atoms with Gasteiger partial charge in [0.15, 0.2) is 0 Å². The number of benzene rings is 7. The third kappa shape index (κ3) is 6.45. The van der Waals surface area contributed by atoms with E-state index in [9.17, 15) is 10.1 Å². The summed E-state index contributed by atoms with van der Waals surface area (Å²) in [6, 6.07) is 65.8. The van der Waals surface area contributed by atoms with Crippen LogP contribution in [0.15, 0.2) is 200 Å². The maximum absolute atomic E-state index is 12.7. The van der Waals surface area contributed by atoms with E-state index in [1.165, 1.54) is 6.07 Å². The predicted molar refractivity (Wildman–Crippen MR) is 205 cm³/mol. The zero-order chi connectivity index (χ0) is 34.9. The molecule has 0 amide bonds. The summed E-state index contributed by atoms with van der Waals surface area (Å²) >= 11 is 0. The molecule has 0 unspecified atom stereocenters. The second kappa shape index (κ2) is 14.7. The van der Waals surface area contributed by atoms with Gasteiger partial charge < -0.3 is 0 Å². The van der Waals surface area contributed by atoms with Crippen LogP contribution < -0.4 is 0 Å². The molecule has 0 spiro atoms. The first kappa shape index (κ1) is 32.6. The van der Waals surface area contributed by atoms with Gasteiger partial charge in [-0.15, -0.1) is 0 Å². The van der Waals surface area contributed by atoms with Gasteiger partial charge in [0.05, 0.1) is 4.92 Å². The van der Waals surface area contributed by atoms with Crippen molar-refractivity contribution in [3.63, 3.8) is 0 Å². The number of nitrogens with zero attached hydrogens (tertiary/aromatic N) is 1. The Kier molecular flexibility index (Phi) is 9.38. The van der Waals surface area contributed by atoms with Crippen molar-refractivity contribution >= 4 is 5.69 Å². The first-order valence-electron chi connectivity index (χ1n) is 16.8. The smallest absolute Gasteiger partial charge is 0.258 e. The van der Waals surface area contributed by atoms with Crippen LogP contribution in [0.3, 0.4) is 0 Å². The molecule has 0 atom stereocenters. The third-order valence-corrected chi connectivity index (χ3v) is 9.21. The van der Waals surface area contributed by atoms with Gasteiger partial charge in [-0.25, -0.2) is 0 Å². The van der Waals surface area contributed by atoms with Crippen LogP contribution in [0, 0.1) is 33.8 Å². The lowest BCUT2D eigenvalue weighted by Crippen LogP contribution is -2.27. The Hall–Kier alpha value is -6.94. The average Bonchev–Trinajstić information content (AvgIpc) is 3.21. The largest absolute Gasteiger partial charge is 0.286 e. The minimum atomic E-state index is -0.878. The number of nitro benzene ring substituents is 1. The van der Waals surface area contributed by atoms with Crippen LogP contribution in [0.5, 0.6) is 0 Å². The Balaban J connectivity index is 1.40. The zero-order valence-electron chi connectivity index (χ0n) is 27.8. The molecule has 7 aromatic rings. The molecule has 0 aliphatic carbocycles. The summed E-state index contributed by atoms with van der Waals surface area (Å²) in [6.45, 7) is 0. The lowest BCUT2D eigenvalue weighted by molar-refractivity contribution is -0.385. The second-order valence-electron chi connectivity index (χ2n) is 12.2. The molecule has 3 nitrogen and oxygen atoms in total. The zero-order valence-corrected chi connectivity index (χ0v) is 27.8. The molecule has 242 valence electrons. The lowest BCUT2D eigenvalue weighted by Gasteiger charge is -2.31. The highest BCUT2D eigenvalue weighted by atomic mass is 16.6. The van der Waals surface area contributed by atoms with Crippen LogP contribution in [-0.4, -0.2) is 4.92 Å². The minimum Gasteiger partial charge on any atom is -0.258 e. The average molecular weight is 656 g/mol. The molecule has 0 N–H and O–H groups in total.